The molecule has 1 aromatic carbocycles. The standard InChI is InChI=1S/C18H24ClN5/c1-14-21-17(20-8-7-15-3-5-16(19)6-4-15)13-18(22-14)24-11-9-23(2)10-12-24/h3-6,13H,7-12H2,1-2H3,(H,20,21,22). The molecule has 0 atom stereocenters. The number of nitrogens with zero attached hydrogens (tertiary/aromatic N) is 4. The number of aryl methyl sites for hydroxylation is 1. The molecule has 0 aliphatic carbocycles. The zero-order valence-electron chi connectivity index (χ0n) is 14.3. The summed E-state index contributed by atoms with van der Waals surface area (Å²) < 4.78 is 0. The molecular formula is C18H24ClN5. The Bertz CT molecular complexity index is 666. The van der Waals surface area contributed by atoms with Crippen molar-refractivity contribution in [2.75, 3.05) is 50.0 Å². The highest BCUT2D eigenvalue weighted by Crippen LogP contribution is 2.17. The first kappa shape index (κ1) is 17.0. The van der Waals surface area contributed by atoms with Gasteiger partial charge in [-0.1, -0.05) is 23.7 Å². The number of nitrogens with one attached hydrogen (secondary N) is 1. The van der Waals surface area contributed by atoms with Gasteiger partial charge in [-0.05, 0) is 38.1 Å². The Hall–Kier alpha value is -1.85. The lowest BCUT2D eigenvalue weighted by Gasteiger charge is -2.33. The molecule has 1 aliphatic rings. The summed E-state index contributed by atoms with van der Waals surface area (Å²) in [5.74, 6) is 2.72. The molecule has 0 unspecified atom stereocenters. The molecule has 2 aromatic rings. The van der Waals surface area contributed by atoms with E-state index in [1.807, 2.05) is 19.1 Å². The van der Waals surface area contributed by atoms with Gasteiger partial charge in [0.15, 0.2) is 0 Å². The van der Waals surface area contributed by atoms with Crippen LogP contribution in [-0.4, -0.2) is 54.6 Å². The zero-order chi connectivity index (χ0) is 16.9. The minimum atomic E-state index is 0.773. The summed E-state index contributed by atoms with van der Waals surface area (Å²) in [5, 5.41) is 4.19. The Morgan fingerprint density at radius 1 is 1.08 bits per heavy atom. The van der Waals surface area contributed by atoms with Crippen molar-refractivity contribution in [2.45, 2.75) is 13.3 Å². The minimum absolute atomic E-state index is 0.773. The Morgan fingerprint density at radius 3 is 2.50 bits per heavy atom. The summed E-state index contributed by atoms with van der Waals surface area (Å²) in [6.45, 7) is 6.95. The lowest BCUT2D eigenvalue weighted by atomic mass is 10.1. The summed E-state index contributed by atoms with van der Waals surface area (Å²) in [4.78, 5) is 13.8. The maximum absolute atomic E-state index is 5.92. The third kappa shape index (κ3) is 4.58. The van der Waals surface area contributed by atoms with Crippen LogP contribution < -0.4 is 10.2 Å². The molecule has 0 spiro atoms. The van der Waals surface area contributed by atoms with Gasteiger partial charge in [0, 0.05) is 43.8 Å². The Morgan fingerprint density at radius 2 is 1.79 bits per heavy atom. The van der Waals surface area contributed by atoms with Crippen LogP contribution in [-0.2, 0) is 6.42 Å². The van der Waals surface area contributed by atoms with Gasteiger partial charge in [0.1, 0.15) is 17.5 Å². The summed E-state index contributed by atoms with van der Waals surface area (Å²) in [6.07, 6.45) is 0.935. The summed E-state index contributed by atoms with van der Waals surface area (Å²) >= 11 is 5.92. The average Bonchev–Trinajstić information content (AvgIpc) is 2.57. The molecule has 1 fully saturated rings. The van der Waals surface area contributed by atoms with Gasteiger partial charge in [0.2, 0.25) is 0 Å². The van der Waals surface area contributed by atoms with Crippen molar-refractivity contribution in [3.63, 3.8) is 0 Å². The Kier molecular flexibility index (Phi) is 5.53. The second-order valence-electron chi connectivity index (χ2n) is 6.25. The van der Waals surface area contributed by atoms with E-state index in [1.165, 1.54) is 5.56 Å². The molecule has 0 saturated carbocycles. The number of likely N-dealkylation sites (N-methyl/N-ethyl adjacent to an activating group) is 1. The Balaban J connectivity index is 1.60. The lowest BCUT2D eigenvalue weighted by Crippen LogP contribution is -2.44. The van der Waals surface area contributed by atoms with E-state index in [-0.39, 0.29) is 0 Å². The van der Waals surface area contributed by atoms with Crippen molar-refractivity contribution < 1.29 is 0 Å². The number of piperazine rings is 1. The SMILES string of the molecule is Cc1nc(NCCc2ccc(Cl)cc2)cc(N2CCN(C)CC2)n1. The van der Waals surface area contributed by atoms with Crippen LogP contribution in [0.1, 0.15) is 11.4 Å². The van der Waals surface area contributed by atoms with Crippen LogP contribution >= 0.6 is 11.6 Å². The number of anilines is 2. The molecule has 24 heavy (non-hydrogen) atoms. The monoisotopic (exact) mass is 345 g/mol. The highest BCUT2D eigenvalue weighted by atomic mass is 35.5. The number of rotatable bonds is 5. The zero-order valence-corrected chi connectivity index (χ0v) is 15.1. The molecule has 1 saturated heterocycles. The molecule has 0 radical (unpaired) electrons. The van der Waals surface area contributed by atoms with E-state index in [2.05, 4.69) is 50.3 Å². The molecule has 2 heterocycles. The van der Waals surface area contributed by atoms with Crippen molar-refractivity contribution in [3.8, 4) is 0 Å². The van der Waals surface area contributed by atoms with E-state index in [1.54, 1.807) is 0 Å². The fourth-order valence-electron chi connectivity index (χ4n) is 2.83. The smallest absolute Gasteiger partial charge is 0.134 e. The quantitative estimate of drug-likeness (QED) is 0.902. The topological polar surface area (TPSA) is 44.3 Å². The number of hydrogen-bond donors (Lipinski definition) is 1. The minimum Gasteiger partial charge on any atom is -0.370 e. The second-order valence-corrected chi connectivity index (χ2v) is 6.69. The molecule has 128 valence electrons. The summed E-state index contributed by atoms with van der Waals surface area (Å²) in [7, 11) is 2.16. The molecule has 0 bridgehead atoms. The van der Waals surface area contributed by atoms with Gasteiger partial charge >= 0.3 is 0 Å². The fraction of sp³-hybridized carbons (Fsp3) is 0.444. The van der Waals surface area contributed by atoms with Crippen LogP contribution in [0.25, 0.3) is 0 Å². The fourth-order valence-corrected chi connectivity index (χ4v) is 2.95. The number of aromatic nitrogens is 2. The summed E-state index contributed by atoms with van der Waals surface area (Å²) in [6, 6.07) is 10.0. The summed E-state index contributed by atoms with van der Waals surface area (Å²) in [5.41, 5.74) is 1.26. The maximum Gasteiger partial charge on any atom is 0.134 e. The first-order chi connectivity index (χ1) is 11.6. The van der Waals surface area contributed by atoms with Gasteiger partial charge in [0.05, 0.1) is 0 Å². The van der Waals surface area contributed by atoms with Gasteiger partial charge in [-0.3, -0.25) is 0 Å². The number of halogens is 1. The van der Waals surface area contributed by atoms with Gasteiger partial charge in [-0.25, -0.2) is 9.97 Å². The van der Waals surface area contributed by atoms with E-state index in [4.69, 9.17) is 11.6 Å². The predicted octanol–water partition coefficient (Wildman–Crippen LogP) is 2.84. The van der Waals surface area contributed by atoms with E-state index in [0.717, 1.165) is 61.6 Å². The van der Waals surface area contributed by atoms with Crippen molar-refractivity contribution >= 4 is 23.2 Å². The van der Waals surface area contributed by atoms with Crippen LogP contribution in [0.5, 0.6) is 0 Å². The molecule has 1 aromatic heterocycles. The molecule has 5 nitrogen and oxygen atoms in total. The van der Waals surface area contributed by atoms with E-state index in [0.29, 0.717) is 0 Å². The highest BCUT2D eigenvalue weighted by Gasteiger charge is 2.16. The van der Waals surface area contributed by atoms with Crippen LogP contribution in [0.15, 0.2) is 30.3 Å². The van der Waals surface area contributed by atoms with Crippen molar-refractivity contribution in [2.24, 2.45) is 0 Å². The van der Waals surface area contributed by atoms with Crippen molar-refractivity contribution in [1.29, 1.82) is 0 Å². The molecule has 6 heteroatoms. The van der Waals surface area contributed by atoms with Crippen LogP contribution in [0.4, 0.5) is 11.6 Å². The first-order valence-electron chi connectivity index (χ1n) is 8.37. The normalized spacial score (nSPS) is 15.5. The van der Waals surface area contributed by atoms with Gasteiger partial charge in [0.25, 0.3) is 0 Å². The molecular weight excluding hydrogens is 322 g/mol. The van der Waals surface area contributed by atoms with Crippen LogP contribution in [0.3, 0.4) is 0 Å². The van der Waals surface area contributed by atoms with E-state index >= 15 is 0 Å². The third-order valence-electron chi connectivity index (χ3n) is 4.28. The van der Waals surface area contributed by atoms with Gasteiger partial charge < -0.3 is 15.1 Å². The second kappa shape index (κ2) is 7.81. The first-order valence-corrected chi connectivity index (χ1v) is 8.75. The molecule has 1 aliphatic heterocycles. The van der Waals surface area contributed by atoms with Crippen molar-refractivity contribution in [1.82, 2.24) is 14.9 Å². The van der Waals surface area contributed by atoms with Crippen LogP contribution in [0, 0.1) is 6.92 Å². The van der Waals surface area contributed by atoms with E-state index < -0.39 is 0 Å². The molecule has 1 N–H and O–H groups in total. The average molecular weight is 346 g/mol. The third-order valence-corrected chi connectivity index (χ3v) is 4.54. The number of hydrogen-bond acceptors (Lipinski definition) is 5. The van der Waals surface area contributed by atoms with Gasteiger partial charge in [-0.2, -0.15) is 0 Å². The molecule has 0 amide bonds. The maximum atomic E-state index is 5.92. The van der Waals surface area contributed by atoms with Gasteiger partial charge in [-0.15, -0.1) is 0 Å². The molecule has 3 rings (SSSR count). The van der Waals surface area contributed by atoms with E-state index in [9.17, 15) is 0 Å². The van der Waals surface area contributed by atoms with Crippen molar-refractivity contribution in [3.05, 3.63) is 46.7 Å². The largest absolute Gasteiger partial charge is 0.370 e. The van der Waals surface area contributed by atoms with Crippen LogP contribution in [0.2, 0.25) is 5.02 Å². The lowest BCUT2D eigenvalue weighted by molar-refractivity contribution is 0.312. The number of benzene rings is 1. The Labute approximate surface area is 148 Å². The predicted molar refractivity (Wildman–Crippen MR) is 100 cm³/mol. The highest BCUT2D eigenvalue weighted by molar-refractivity contribution is 6.30.